The fourth-order valence-corrected chi connectivity index (χ4v) is 2.64. The van der Waals surface area contributed by atoms with Crippen LogP contribution in [0.25, 0.3) is 0 Å². The molecule has 0 aliphatic heterocycles. The van der Waals surface area contributed by atoms with Crippen molar-refractivity contribution >= 4 is 5.91 Å². The highest BCUT2D eigenvalue weighted by molar-refractivity contribution is 5.78. The summed E-state index contributed by atoms with van der Waals surface area (Å²) in [6.07, 6.45) is 3.24. The number of hydrogen-bond acceptors (Lipinski definition) is 2. The van der Waals surface area contributed by atoms with Crippen LogP contribution >= 0.6 is 0 Å². The van der Waals surface area contributed by atoms with Crippen molar-refractivity contribution in [2.75, 3.05) is 6.54 Å². The average Bonchev–Trinajstić information content (AvgIpc) is 2.45. The van der Waals surface area contributed by atoms with Gasteiger partial charge in [-0.3, -0.25) is 4.79 Å². The van der Waals surface area contributed by atoms with Gasteiger partial charge in [-0.15, -0.1) is 0 Å². The molecule has 0 bridgehead atoms. The molecule has 0 spiro atoms. The first-order chi connectivity index (χ1) is 9.88. The molecule has 0 heterocycles. The van der Waals surface area contributed by atoms with Gasteiger partial charge in [0.25, 0.3) is 0 Å². The number of rotatable bonds is 4. The molecule has 1 aromatic rings. The van der Waals surface area contributed by atoms with E-state index in [0.717, 1.165) is 25.0 Å². The number of benzene rings is 1. The van der Waals surface area contributed by atoms with Crippen LogP contribution in [0.15, 0.2) is 18.2 Å². The summed E-state index contributed by atoms with van der Waals surface area (Å²) in [4.78, 5) is 11.8. The van der Waals surface area contributed by atoms with Crippen molar-refractivity contribution in [3.8, 4) is 0 Å². The summed E-state index contributed by atoms with van der Waals surface area (Å²) in [6, 6.07) is 3.41. The second-order valence-corrected chi connectivity index (χ2v) is 6.11. The molecule has 21 heavy (non-hydrogen) atoms. The zero-order valence-corrected chi connectivity index (χ0v) is 12.2. The molecule has 3 nitrogen and oxygen atoms in total. The molecule has 1 aliphatic carbocycles. The summed E-state index contributed by atoms with van der Waals surface area (Å²) in [5, 5.41) is 13.0. The van der Waals surface area contributed by atoms with E-state index in [1.165, 1.54) is 6.07 Å². The predicted molar refractivity (Wildman–Crippen MR) is 75.7 cm³/mol. The molecule has 2 rings (SSSR count). The maximum absolute atomic E-state index is 13.1. The summed E-state index contributed by atoms with van der Waals surface area (Å²) < 4.78 is 25.9. The number of aliphatic hydroxyl groups is 1. The Balaban J connectivity index is 1.83. The van der Waals surface area contributed by atoms with Gasteiger partial charge in [0.15, 0.2) is 11.6 Å². The number of nitrogens with one attached hydrogen (secondary N) is 1. The van der Waals surface area contributed by atoms with E-state index in [9.17, 15) is 18.7 Å². The van der Waals surface area contributed by atoms with Crippen LogP contribution in [0.5, 0.6) is 0 Å². The SMILES string of the molecule is CC1CCC(O)(CNC(=O)Cc2ccc(F)c(F)c2)CC1. The highest BCUT2D eigenvalue weighted by Gasteiger charge is 2.31. The van der Waals surface area contributed by atoms with Crippen LogP contribution in [-0.2, 0) is 11.2 Å². The maximum atomic E-state index is 13.1. The first-order valence-corrected chi connectivity index (χ1v) is 7.31. The Morgan fingerprint density at radius 1 is 1.33 bits per heavy atom. The van der Waals surface area contributed by atoms with Crippen LogP contribution in [0.3, 0.4) is 0 Å². The van der Waals surface area contributed by atoms with Crippen molar-refractivity contribution in [2.45, 2.75) is 44.6 Å². The monoisotopic (exact) mass is 297 g/mol. The summed E-state index contributed by atoms with van der Waals surface area (Å²) in [7, 11) is 0. The number of hydrogen-bond donors (Lipinski definition) is 2. The van der Waals surface area contributed by atoms with Gasteiger partial charge >= 0.3 is 0 Å². The Bertz CT molecular complexity index is 511. The molecule has 0 aromatic heterocycles. The lowest BCUT2D eigenvalue weighted by molar-refractivity contribution is -0.122. The Labute approximate surface area is 123 Å². The minimum absolute atomic E-state index is 0.0241. The normalized spacial score (nSPS) is 25.6. The third-order valence-corrected chi connectivity index (χ3v) is 4.17. The van der Waals surface area contributed by atoms with Gasteiger partial charge in [0.1, 0.15) is 0 Å². The van der Waals surface area contributed by atoms with Crippen molar-refractivity contribution < 1.29 is 18.7 Å². The van der Waals surface area contributed by atoms with Crippen LogP contribution < -0.4 is 5.32 Å². The number of carbonyl (C=O) groups is 1. The lowest BCUT2D eigenvalue weighted by Gasteiger charge is -2.34. The van der Waals surface area contributed by atoms with Crippen LogP contribution in [0.1, 0.15) is 38.2 Å². The summed E-state index contributed by atoms with van der Waals surface area (Å²) >= 11 is 0. The predicted octanol–water partition coefficient (Wildman–Crippen LogP) is 2.56. The van der Waals surface area contributed by atoms with E-state index in [2.05, 4.69) is 12.2 Å². The highest BCUT2D eigenvalue weighted by atomic mass is 19.2. The fraction of sp³-hybridized carbons (Fsp3) is 0.562. The fourth-order valence-electron chi connectivity index (χ4n) is 2.64. The Morgan fingerprint density at radius 2 is 2.00 bits per heavy atom. The van der Waals surface area contributed by atoms with E-state index in [1.807, 2.05) is 0 Å². The molecule has 5 heteroatoms. The molecule has 0 unspecified atom stereocenters. The topological polar surface area (TPSA) is 49.3 Å². The molecule has 0 atom stereocenters. The zero-order chi connectivity index (χ0) is 15.5. The molecule has 2 N–H and O–H groups in total. The molecule has 116 valence electrons. The Morgan fingerprint density at radius 3 is 2.62 bits per heavy atom. The minimum Gasteiger partial charge on any atom is -0.388 e. The van der Waals surface area contributed by atoms with Gasteiger partial charge < -0.3 is 10.4 Å². The smallest absolute Gasteiger partial charge is 0.224 e. The van der Waals surface area contributed by atoms with Crippen LogP contribution in [0.2, 0.25) is 0 Å². The summed E-state index contributed by atoms with van der Waals surface area (Å²) in [6.45, 7) is 2.36. The highest BCUT2D eigenvalue weighted by Crippen LogP contribution is 2.31. The molecule has 1 fully saturated rings. The first kappa shape index (κ1) is 15.9. The summed E-state index contributed by atoms with van der Waals surface area (Å²) in [5.41, 5.74) is -0.424. The van der Waals surface area contributed by atoms with E-state index >= 15 is 0 Å². The van der Waals surface area contributed by atoms with Crippen LogP contribution in [0, 0.1) is 17.6 Å². The quantitative estimate of drug-likeness (QED) is 0.897. The van der Waals surface area contributed by atoms with E-state index in [0.29, 0.717) is 24.3 Å². The van der Waals surface area contributed by atoms with Crippen molar-refractivity contribution in [2.24, 2.45) is 5.92 Å². The molecule has 1 aliphatic rings. The van der Waals surface area contributed by atoms with Crippen molar-refractivity contribution in [1.82, 2.24) is 5.32 Å². The molecule has 1 aromatic carbocycles. The molecule has 0 radical (unpaired) electrons. The molecule has 0 saturated heterocycles. The van der Waals surface area contributed by atoms with Gasteiger partial charge in [0, 0.05) is 6.54 Å². The molecule has 1 saturated carbocycles. The third-order valence-electron chi connectivity index (χ3n) is 4.17. The number of halogens is 2. The molecular weight excluding hydrogens is 276 g/mol. The first-order valence-electron chi connectivity index (χ1n) is 7.31. The van der Waals surface area contributed by atoms with Gasteiger partial charge in [-0.05, 0) is 49.3 Å². The Kier molecular flexibility index (Phi) is 4.93. The number of carbonyl (C=O) groups excluding carboxylic acids is 1. The van der Waals surface area contributed by atoms with Gasteiger partial charge in [-0.1, -0.05) is 13.0 Å². The van der Waals surface area contributed by atoms with E-state index < -0.39 is 17.2 Å². The second kappa shape index (κ2) is 6.52. The Hall–Kier alpha value is -1.49. The lowest BCUT2D eigenvalue weighted by Crippen LogP contribution is -2.45. The maximum Gasteiger partial charge on any atom is 0.224 e. The van der Waals surface area contributed by atoms with E-state index in [4.69, 9.17) is 0 Å². The van der Waals surface area contributed by atoms with Gasteiger partial charge in [-0.2, -0.15) is 0 Å². The van der Waals surface area contributed by atoms with Crippen molar-refractivity contribution in [1.29, 1.82) is 0 Å². The zero-order valence-electron chi connectivity index (χ0n) is 12.2. The van der Waals surface area contributed by atoms with E-state index in [1.54, 1.807) is 0 Å². The van der Waals surface area contributed by atoms with Crippen molar-refractivity contribution in [3.63, 3.8) is 0 Å². The second-order valence-electron chi connectivity index (χ2n) is 6.11. The van der Waals surface area contributed by atoms with Crippen molar-refractivity contribution in [3.05, 3.63) is 35.4 Å². The largest absolute Gasteiger partial charge is 0.388 e. The van der Waals surface area contributed by atoms with Gasteiger partial charge in [0.05, 0.1) is 12.0 Å². The number of amides is 1. The third kappa shape index (κ3) is 4.49. The van der Waals surface area contributed by atoms with Gasteiger partial charge in [0.2, 0.25) is 5.91 Å². The summed E-state index contributed by atoms with van der Waals surface area (Å²) in [5.74, 6) is -1.57. The van der Waals surface area contributed by atoms with Gasteiger partial charge in [-0.25, -0.2) is 8.78 Å². The average molecular weight is 297 g/mol. The molecule has 1 amide bonds. The minimum atomic E-state index is -0.958. The van der Waals surface area contributed by atoms with E-state index in [-0.39, 0.29) is 18.9 Å². The molecular formula is C16H21F2NO2. The standard InChI is InChI=1S/C16H21F2NO2/c1-11-4-6-16(21,7-5-11)10-19-15(20)9-12-2-3-13(17)14(18)8-12/h2-3,8,11,21H,4-7,9-10H2,1H3,(H,19,20). The lowest BCUT2D eigenvalue weighted by atomic mass is 9.79. The van der Waals surface area contributed by atoms with Crippen LogP contribution in [-0.4, -0.2) is 23.2 Å². The van der Waals surface area contributed by atoms with Crippen LogP contribution in [0.4, 0.5) is 8.78 Å².